The zero-order chi connectivity index (χ0) is 8.27. The molecule has 1 rings (SSSR count). The fraction of sp³-hybridized carbons (Fsp3) is 0.429. The Kier molecular flexibility index (Phi) is 3.30. The molecule has 1 aromatic rings. The maximum absolute atomic E-state index is 11.8. The minimum Gasteiger partial charge on any atom is -0.323 e. The highest BCUT2D eigenvalue weighted by Gasteiger charge is 2.10. The smallest absolute Gasteiger partial charge is 0.0912 e. The third kappa shape index (κ3) is 2.15. The molecule has 0 aromatic carbocycles. The van der Waals surface area contributed by atoms with Gasteiger partial charge in [0.1, 0.15) is 0 Å². The molecular weight excluding hydrogens is 185 g/mol. The van der Waals surface area contributed by atoms with Gasteiger partial charge >= 0.3 is 0 Å². The average molecular weight is 194 g/mol. The van der Waals surface area contributed by atoms with Crippen LogP contribution in [0, 0.1) is 0 Å². The van der Waals surface area contributed by atoms with Gasteiger partial charge < -0.3 is 5.73 Å². The summed E-state index contributed by atoms with van der Waals surface area (Å²) in [6.45, 7) is -0.393. The number of alkyl halides is 1. The third-order valence-electron chi connectivity index (χ3n) is 1.40. The van der Waals surface area contributed by atoms with Gasteiger partial charge in [0.25, 0.3) is 0 Å². The first-order valence-corrected chi connectivity index (χ1v) is 4.56. The highest BCUT2D eigenvalue weighted by atomic mass is 35.5. The molecule has 0 radical (unpaired) electrons. The van der Waals surface area contributed by atoms with Crippen molar-refractivity contribution in [2.75, 3.05) is 6.67 Å². The lowest BCUT2D eigenvalue weighted by molar-refractivity contribution is 0.444. The minimum absolute atomic E-state index is 0.243. The summed E-state index contributed by atoms with van der Waals surface area (Å²) in [4.78, 5) is 0.879. The maximum Gasteiger partial charge on any atom is 0.0912 e. The summed E-state index contributed by atoms with van der Waals surface area (Å²) in [7, 11) is 0. The summed E-state index contributed by atoms with van der Waals surface area (Å²) < 4.78 is 11.8. The van der Waals surface area contributed by atoms with Crippen LogP contribution < -0.4 is 5.73 Å². The summed E-state index contributed by atoms with van der Waals surface area (Å²) in [5.74, 6) is 0. The number of thiophene rings is 1. The van der Waals surface area contributed by atoms with E-state index in [2.05, 4.69) is 0 Å². The Morgan fingerprint density at radius 1 is 1.73 bits per heavy atom. The van der Waals surface area contributed by atoms with E-state index in [1.54, 1.807) is 6.07 Å². The molecule has 0 bridgehead atoms. The van der Waals surface area contributed by atoms with Crippen LogP contribution in [0.3, 0.4) is 0 Å². The fourth-order valence-electron chi connectivity index (χ4n) is 0.819. The quantitative estimate of drug-likeness (QED) is 0.785. The summed E-state index contributed by atoms with van der Waals surface area (Å²) in [5, 5.41) is 2.51. The van der Waals surface area contributed by atoms with Crippen molar-refractivity contribution in [2.45, 2.75) is 12.5 Å². The number of hydrogen-bond donors (Lipinski definition) is 1. The molecule has 0 unspecified atom stereocenters. The zero-order valence-electron chi connectivity index (χ0n) is 5.89. The predicted molar refractivity (Wildman–Crippen MR) is 46.8 cm³/mol. The van der Waals surface area contributed by atoms with Crippen molar-refractivity contribution in [3.05, 3.63) is 21.3 Å². The van der Waals surface area contributed by atoms with Gasteiger partial charge in [-0.25, -0.2) is 0 Å². The van der Waals surface area contributed by atoms with E-state index in [1.165, 1.54) is 11.3 Å². The van der Waals surface area contributed by atoms with Crippen molar-refractivity contribution in [3.8, 4) is 0 Å². The largest absolute Gasteiger partial charge is 0.323 e. The van der Waals surface area contributed by atoms with Crippen LogP contribution in [0.1, 0.15) is 17.3 Å². The molecule has 1 aromatic heterocycles. The molecule has 0 aliphatic heterocycles. The highest BCUT2D eigenvalue weighted by Crippen LogP contribution is 2.28. The van der Waals surface area contributed by atoms with Crippen molar-refractivity contribution in [1.82, 2.24) is 0 Å². The lowest BCUT2D eigenvalue weighted by atomic mass is 10.2. The van der Waals surface area contributed by atoms with Crippen LogP contribution in [0.25, 0.3) is 0 Å². The Morgan fingerprint density at radius 2 is 2.45 bits per heavy atom. The fourth-order valence-corrected chi connectivity index (χ4v) is 2.05. The zero-order valence-corrected chi connectivity index (χ0v) is 7.46. The number of nitrogens with two attached hydrogens (primary N) is 1. The van der Waals surface area contributed by atoms with Crippen molar-refractivity contribution in [2.24, 2.45) is 5.73 Å². The molecule has 0 spiro atoms. The Hall–Kier alpha value is -0.120. The van der Waals surface area contributed by atoms with Crippen LogP contribution in [0.15, 0.2) is 11.4 Å². The third-order valence-corrected chi connectivity index (χ3v) is 2.89. The van der Waals surface area contributed by atoms with Crippen molar-refractivity contribution >= 4 is 22.9 Å². The van der Waals surface area contributed by atoms with Gasteiger partial charge in [-0.2, -0.15) is 0 Å². The van der Waals surface area contributed by atoms with Crippen molar-refractivity contribution in [1.29, 1.82) is 0 Å². The summed E-state index contributed by atoms with van der Waals surface area (Å²) in [6, 6.07) is 1.53. The first-order valence-electron chi connectivity index (χ1n) is 3.30. The van der Waals surface area contributed by atoms with Crippen LogP contribution in [0.5, 0.6) is 0 Å². The second-order valence-electron chi connectivity index (χ2n) is 2.22. The predicted octanol–water partition coefficient (Wildman–Crippen LogP) is 2.76. The minimum atomic E-state index is -0.393. The van der Waals surface area contributed by atoms with Crippen LogP contribution in [-0.2, 0) is 0 Å². The van der Waals surface area contributed by atoms with E-state index in [9.17, 15) is 4.39 Å². The van der Waals surface area contributed by atoms with Gasteiger partial charge in [-0.05, 0) is 17.9 Å². The van der Waals surface area contributed by atoms with E-state index in [1.807, 2.05) is 5.38 Å². The topological polar surface area (TPSA) is 26.0 Å². The summed E-state index contributed by atoms with van der Waals surface area (Å²) in [6.07, 6.45) is 0.347. The van der Waals surface area contributed by atoms with E-state index in [-0.39, 0.29) is 6.04 Å². The van der Waals surface area contributed by atoms with Crippen molar-refractivity contribution < 1.29 is 4.39 Å². The van der Waals surface area contributed by atoms with Gasteiger partial charge in [0, 0.05) is 10.9 Å². The van der Waals surface area contributed by atoms with Gasteiger partial charge in [-0.15, -0.1) is 11.3 Å². The molecule has 0 aliphatic rings. The van der Waals surface area contributed by atoms with Gasteiger partial charge in [-0.1, -0.05) is 11.6 Å². The number of rotatable bonds is 3. The van der Waals surface area contributed by atoms with E-state index in [0.717, 1.165) is 4.88 Å². The molecule has 0 amide bonds. The molecule has 1 nitrogen and oxygen atoms in total. The number of halogens is 2. The molecular formula is C7H9ClFNS. The molecule has 0 aliphatic carbocycles. The van der Waals surface area contributed by atoms with Gasteiger partial charge in [0.15, 0.2) is 0 Å². The lowest BCUT2D eigenvalue weighted by Crippen LogP contribution is -2.09. The van der Waals surface area contributed by atoms with Crippen molar-refractivity contribution in [3.63, 3.8) is 0 Å². The Balaban J connectivity index is 2.67. The first-order chi connectivity index (χ1) is 5.25. The molecule has 1 heterocycles. The summed E-state index contributed by atoms with van der Waals surface area (Å²) in [5.41, 5.74) is 5.64. The maximum atomic E-state index is 11.8. The van der Waals surface area contributed by atoms with Gasteiger partial charge in [0.05, 0.1) is 11.7 Å². The Morgan fingerprint density at radius 3 is 2.91 bits per heavy atom. The SMILES string of the molecule is N[C@@H](CCF)c1sccc1Cl. The average Bonchev–Trinajstić information content (AvgIpc) is 2.36. The molecule has 0 saturated heterocycles. The van der Waals surface area contributed by atoms with Crippen LogP contribution in [-0.4, -0.2) is 6.67 Å². The summed E-state index contributed by atoms with van der Waals surface area (Å²) >= 11 is 7.25. The standard InChI is InChI=1S/C7H9ClFNS/c8-5-2-4-11-7(5)6(10)1-3-9/h2,4,6H,1,3,10H2/t6-/m0/s1. The second-order valence-corrected chi connectivity index (χ2v) is 3.57. The van der Waals surface area contributed by atoms with E-state index < -0.39 is 6.67 Å². The Bertz CT molecular complexity index is 226. The van der Waals surface area contributed by atoms with Crippen LogP contribution in [0.2, 0.25) is 5.02 Å². The van der Waals surface area contributed by atoms with Gasteiger partial charge in [-0.3, -0.25) is 4.39 Å². The molecule has 1 atom stereocenters. The molecule has 62 valence electrons. The van der Waals surface area contributed by atoms with E-state index in [0.29, 0.717) is 11.4 Å². The normalized spacial score (nSPS) is 13.4. The molecule has 2 N–H and O–H groups in total. The van der Waals surface area contributed by atoms with E-state index in [4.69, 9.17) is 17.3 Å². The molecule has 0 fully saturated rings. The molecule has 11 heavy (non-hydrogen) atoms. The molecule has 4 heteroatoms. The highest BCUT2D eigenvalue weighted by molar-refractivity contribution is 7.10. The van der Waals surface area contributed by atoms with Crippen LogP contribution in [0.4, 0.5) is 4.39 Å². The van der Waals surface area contributed by atoms with Crippen LogP contribution >= 0.6 is 22.9 Å². The molecule has 0 saturated carbocycles. The Labute approximate surface area is 74.0 Å². The monoisotopic (exact) mass is 193 g/mol. The first kappa shape index (κ1) is 8.97. The number of hydrogen-bond acceptors (Lipinski definition) is 2. The van der Waals surface area contributed by atoms with E-state index >= 15 is 0 Å². The van der Waals surface area contributed by atoms with Gasteiger partial charge in [0.2, 0.25) is 0 Å². The lowest BCUT2D eigenvalue weighted by Gasteiger charge is -2.06. The second kappa shape index (κ2) is 4.04.